The minimum absolute atomic E-state index is 0.00924. The van der Waals surface area contributed by atoms with Crippen LogP contribution in [0, 0.1) is 0 Å². The third-order valence-corrected chi connectivity index (χ3v) is 2.88. The van der Waals surface area contributed by atoms with E-state index in [0.717, 1.165) is 16.9 Å². The first-order chi connectivity index (χ1) is 7.41. The fourth-order valence-corrected chi connectivity index (χ4v) is 1.91. The lowest BCUT2D eigenvalue weighted by atomic mass is 9.86. The summed E-state index contributed by atoms with van der Waals surface area (Å²) >= 11 is 4.77. The molecule has 1 aromatic rings. The molecule has 0 aromatic heterocycles. The number of nitrogens with two attached hydrogens (primary N) is 1. The molecule has 1 aromatic carbocycles. The van der Waals surface area contributed by atoms with Gasteiger partial charge in [0.2, 0.25) is 5.91 Å². The number of fused-ring (bicyclic) bond motifs is 1. The topological polar surface area (TPSA) is 67.2 Å². The zero-order valence-electron chi connectivity index (χ0n) is 9.13. The minimum atomic E-state index is -0.511. The second-order valence-electron chi connectivity index (χ2n) is 4.33. The van der Waals surface area contributed by atoms with Gasteiger partial charge in [-0.2, -0.15) is 0 Å². The first-order valence-electron chi connectivity index (χ1n) is 4.93. The summed E-state index contributed by atoms with van der Waals surface area (Å²) in [5.41, 5.74) is 7.50. The summed E-state index contributed by atoms with van der Waals surface area (Å²) < 4.78 is 0. The Kier molecular flexibility index (Phi) is 2.35. The SMILES string of the molecule is CC1(C)C(=O)Nc2ccc(NC(N)=S)cc21. The van der Waals surface area contributed by atoms with Crippen molar-refractivity contribution in [3.8, 4) is 0 Å². The Labute approximate surface area is 99.2 Å². The zero-order chi connectivity index (χ0) is 11.9. The van der Waals surface area contributed by atoms with Crippen molar-refractivity contribution >= 4 is 34.6 Å². The third kappa shape index (κ3) is 1.63. The summed E-state index contributed by atoms with van der Waals surface area (Å²) in [6.45, 7) is 3.78. The molecule has 1 aliphatic heterocycles. The maximum atomic E-state index is 11.7. The van der Waals surface area contributed by atoms with Gasteiger partial charge in [-0.3, -0.25) is 4.79 Å². The molecule has 0 bridgehead atoms. The molecule has 5 heteroatoms. The Bertz CT molecular complexity index is 482. The summed E-state index contributed by atoms with van der Waals surface area (Å²) in [6, 6.07) is 5.58. The highest BCUT2D eigenvalue weighted by Crippen LogP contribution is 2.38. The molecule has 4 nitrogen and oxygen atoms in total. The van der Waals surface area contributed by atoms with Crippen molar-refractivity contribution < 1.29 is 4.79 Å². The molecule has 4 N–H and O–H groups in total. The third-order valence-electron chi connectivity index (χ3n) is 2.78. The van der Waals surface area contributed by atoms with Crippen LogP contribution in [0.2, 0.25) is 0 Å². The second-order valence-corrected chi connectivity index (χ2v) is 4.77. The van der Waals surface area contributed by atoms with E-state index in [1.807, 2.05) is 32.0 Å². The summed E-state index contributed by atoms with van der Waals surface area (Å²) in [4.78, 5) is 11.7. The summed E-state index contributed by atoms with van der Waals surface area (Å²) in [5, 5.41) is 5.91. The number of hydrogen-bond acceptors (Lipinski definition) is 2. The van der Waals surface area contributed by atoms with Crippen LogP contribution in [0.4, 0.5) is 11.4 Å². The molecule has 16 heavy (non-hydrogen) atoms. The van der Waals surface area contributed by atoms with Gasteiger partial charge in [-0.25, -0.2) is 0 Å². The largest absolute Gasteiger partial charge is 0.376 e. The number of amides is 1. The number of benzene rings is 1. The van der Waals surface area contributed by atoms with Crippen molar-refractivity contribution in [2.45, 2.75) is 19.3 Å². The number of carbonyl (C=O) groups excluding carboxylic acids is 1. The molecule has 2 rings (SSSR count). The van der Waals surface area contributed by atoms with Gasteiger partial charge in [-0.05, 0) is 49.8 Å². The van der Waals surface area contributed by atoms with Crippen molar-refractivity contribution in [3.05, 3.63) is 23.8 Å². The number of hydrogen-bond donors (Lipinski definition) is 3. The average Bonchev–Trinajstić information content (AvgIpc) is 2.39. The van der Waals surface area contributed by atoms with Gasteiger partial charge in [-0.1, -0.05) is 0 Å². The van der Waals surface area contributed by atoms with E-state index in [4.69, 9.17) is 18.0 Å². The number of thiocarbonyl (C=S) groups is 1. The van der Waals surface area contributed by atoms with E-state index in [-0.39, 0.29) is 11.0 Å². The first kappa shape index (κ1) is 10.9. The average molecular weight is 235 g/mol. The number of carbonyl (C=O) groups is 1. The predicted molar refractivity (Wildman–Crippen MR) is 68.5 cm³/mol. The Morgan fingerprint density at radius 2 is 2.19 bits per heavy atom. The highest BCUT2D eigenvalue weighted by atomic mass is 32.1. The fourth-order valence-electron chi connectivity index (χ4n) is 1.79. The molecule has 0 fully saturated rings. The Morgan fingerprint density at radius 1 is 1.50 bits per heavy atom. The van der Waals surface area contributed by atoms with Gasteiger partial charge in [0, 0.05) is 11.4 Å². The molecule has 0 saturated heterocycles. The second kappa shape index (κ2) is 3.45. The highest BCUT2D eigenvalue weighted by molar-refractivity contribution is 7.80. The molecular weight excluding hydrogens is 222 g/mol. The lowest BCUT2D eigenvalue weighted by molar-refractivity contribution is -0.119. The van der Waals surface area contributed by atoms with Crippen LogP contribution < -0.4 is 16.4 Å². The van der Waals surface area contributed by atoms with E-state index in [1.165, 1.54) is 0 Å². The van der Waals surface area contributed by atoms with E-state index in [2.05, 4.69) is 10.6 Å². The smallest absolute Gasteiger partial charge is 0.234 e. The van der Waals surface area contributed by atoms with E-state index >= 15 is 0 Å². The Hall–Kier alpha value is -1.62. The summed E-state index contributed by atoms with van der Waals surface area (Å²) in [5.74, 6) is 0.00924. The molecule has 0 atom stereocenters. The Morgan fingerprint density at radius 3 is 2.81 bits per heavy atom. The maximum Gasteiger partial charge on any atom is 0.234 e. The van der Waals surface area contributed by atoms with Gasteiger partial charge in [-0.15, -0.1) is 0 Å². The standard InChI is InChI=1S/C11H13N3OS/c1-11(2)7-5-6(13-10(12)16)3-4-8(7)14-9(11)15/h3-5H,1-2H3,(H,14,15)(H3,12,13,16). The highest BCUT2D eigenvalue weighted by Gasteiger charge is 2.38. The molecule has 0 unspecified atom stereocenters. The number of nitrogens with one attached hydrogen (secondary N) is 2. The van der Waals surface area contributed by atoms with Gasteiger partial charge >= 0.3 is 0 Å². The quantitative estimate of drug-likeness (QED) is 0.646. The van der Waals surface area contributed by atoms with Crippen LogP contribution in [0.1, 0.15) is 19.4 Å². The zero-order valence-corrected chi connectivity index (χ0v) is 9.94. The number of anilines is 2. The van der Waals surface area contributed by atoms with E-state index in [1.54, 1.807) is 0 Å². The van der Waals surface area contributed by atoms with Crippen LogP contribution >= 0.6 is 12.2 Å². The summed E-state index contributed by atoms with van der Waals surface area (Å²) in [7, 11) is 0. The Balaban J connectivity index is 2.44. The van der Waals surface area contributed by atoms with Gasteiger partial charge < -0.3 is 16.4 Å². The van der Waals surface area contributed by atoms with Crippen molar-refractivity contribution in [3.63, 3.8) is 0 Å². The molecule has 0 aliphatic carbocycles. The first-order valence-corrected chi connectivity index (χ1v) is 5.34. The minimum Gasteiger partial charge on any atom is -0.376 e. The van der Waals surface area contributed by atoms with Crippen molar-refractivity contribution in [1.82, 2.24) is 0 Å². The van der Waals surface area contributed by atoms with Crippen LogP contribution in [0.5, 0.6) is 0 Å². The predicted octanol–water partition coefficient (Wildman–Crippen LogP) is 1.57. The monoisotopic (exact) mass is 235 g/mol. The normalized spacial score (nSPS) is 16.5. The molecule has 1 heterocycles. The van der Waals surface area contributed by atoms with E-state index in [9.17, 15) is 4.79 Å². The molecule has 0 radical (unpaired) electrons. The molecule has 0 saturated carbocycles. The van der Waals surface area contributed by atoms with Crippen LogP contribution in [-0.2, 0) is 10.2 Å². The maximum absolute atomic E-state index is 11.7. The number of rotatable bonds is 1. The van der Waals surface area contributed by atoms with Crippen molar-refractivity contribution in [2.75, 3.05) is 10.6 Å². The van der Waals surface area contributed by atoms with Crippen LogP contribution in [0.25, 0.3) is 0 Å². The lowest BCUT2D eigenvalue weighted by Crippen LogP contribution is -2.27. The molecular formula is C11H13N3OS. The lowest BCUT2D eigenvalue weighted by Gasteiger charge is -2.16. The van der Waals surface area contributed by atoms with Gasteiger partial charge in [0.05, 0.1) is 5.41 Å². The van der Waals surface area contributed by atoms with E-state index < -0.39 is 5.41 Å². The van der Waals surface area contributed by atoms with E-state index in [0.29, 0.717) is 0 Å². The van der Waals surface area contributed by atoms with Gasteiger partial charge in [0.25, 0.3) is 0 Å². The van der Waals surface area contributed by atoms with Crippen LogP contribution in [0.3, 0.4) is 0 Å². The molecule has 0 spiro atoms. The summed E-state index contributed by atoms with van der Waals surface area (Å²) in [6.07, 6.45) is 0. The molecule has 1 amide bonds. The van der Waals surface area contributed by atoms with Crippen LogP contribution in [0.15, 0.2) is 18.2 Å². The van der Waals surface area contributed by atoms with Crippen LogP contribution in [-0.4, -0.2) is 11.0 Å². The van der Waals surface area contributed by atoms with Gasteiger partial charge in [0.15, 0.2) is 5.11 Å². The fraction of sp³-hybridized carbons (Fsp3) is 0.273. The molecule has 1 aliphatic rings. The van der Waals surface area contributed by atoms with Crippen molar-refractivity contribution in [2.24, 2.45) is 5.73 Å². The van der Waals surface area contributed by atoms with Crippen molar-refractivity contribution in [1.29, 1.82) is 0 Å². The molecule has 84 valence electrons. The van der Waals surface area contributed by atoms with Gasteiger partial charge in [0.1, 0.15) is 0 Å².